The number of carbonyl (C=O) groups is 2. The summed E-state index contributed by atoms with van der Waals surface area (Å²) in [7, 11) is 0. The van der Waals surface area contributed by atoms with Gasteiger partial charge in [-0.05, 0) is 19.3 Å². The van der Waals surface area contributed by atoms with Gasteiger partial charge >= 0.3 is 5.97 Å². The lowest BCUT2D eigenvalue weighted by atomic mass is 10.1. The van der Waals surface area contributed by atoms with Crippen LogP contribution in [0.1, 0.15) is 64.7 Å². The number of rotatable bonds is 11. The van der Waals surface area contributed by atoms with Crippen LogP contribution in [0.15, 0.2) is 0 Å². The number of nitrogens with two attached hydrogens (primary N) is 1. The number of ether oxygens (including phenoxy) is 1. The maximum Gasteiger partial charge on any atom is 0.305 e. The molecule has 0 rings (SSSR count). The van der Waals surface area contributed by atoms with Crippen LogP contribution < -0.4 is 5.73 Å². The molecule has 4 nitrogen and oxygen atoms in total. The van der Waals surface area contributed by atoms with Gasteiger partial charge in [-0.3, -0.25) is 9.59 Å². The minimum Gasteiger partial charge on any atom is -0.466 e. The van der Waals surface area contributed by atoms with Crippen LogP contribution >= 0.6 is 0 Å². The number of esters is 1. The molecule has 0 aliphatic heterocycles. The molecule has 17 heavy (non-hydrogen) atoms. The number of primary amides is 1. The quantitative estimate of drug-likeness (QED) is 0.448. The van der Waals surface area contributed by atoms with Gasteiger partial charge in [0.1, 0.15) is 0 Å². The van der Waals surface area contributed by atoms with Gasteiger partial charge in [0.05, 0.1) is 6.61 Å². The van der Waals surface area contributed by atoms with Crippen LogP contribution in [-0.2, 0) is 14.3 Å². The summed E-state index contributed by atoms with van der Waals surface area (Å²) in [6, 6.07) is 0. The zero-order valence-corrected chi connectivity index (χ0v) is 10.9. The van der Waals surface area contributed by atoms with E-state index in [2.05, 4.69) is 6.92 Å². The Morgan fingerprint density at radius 3 is 2.24 bits per heavy atom. The van der Waals surface area contributed by atoms with E-state index in [1.54, 1.807) is 0 Å². The average molecular weight is 243 g/mol. The molecule has 1 amide bonds. The Balaban J connectivity index is 3.20. The Morgan fingerprint density at radius 1 is 0.941 bits per heavy atom. The van der Waals surface area contributed by atoms with Crippen molar-refractivity contribution in [3.63, 3.8) is 0 Å². The van der Waals surface area contributed by atoms with Crippen LogP contribution in [0.4, 0.5) is 0 Å². The second kappa shape index (κ2) is 11.4. The molecule has 0 heterocycles. The van der Waals surface area contributed by atoms with Crippen molar-refractivity contribution in [1.29, 1.82) is 0 Å². The van der Waals surface area contributed by atoms with Crippen LogP contribution in [0.5, 0.6) is 0 Å². The molecule has 0 saturated heterocycles. The standard InChI is InChI=1S/C13H25NO3/c1-2-3-4-8-11-17-13(16)10-7-5-6-9-12(14)15/h2-11H2,1H3,(H2,14,15). The first-order valence-corrected chi connectivity index (χ1v) is 6.60. The van der Waals surface area contributed by atoms with Gasteiger partial charge in [-0.1, -0.05) is 32.6 Å². The summed E-state index contributed by atoms with van der Waals surface area (Å²) in [5.74, 6) is -0.399. The van der Waals surface area contributed by atoms with Gasteiger partial charge in [0.15, 0.2) is 0 Å². The van der Waals surface area contributed by atoms with Crippen molar-refractivity contribution in [2.75, 3.05) is 6.61 Å². The van der Waals surface area contributed by atoms with Gasteiger partial charge in [-0.25, -0.2) is 0 Å². The molecule has 0 aromatic carbocycles. The molecule has 0 saturated carbocycles. The average Bonchev–Trinajstić information content (AvgIpc) is 2.28. The Labute approximate surface area is 104 Å². The summed E-state index contributed by atoms with van der Waals surface area (Å²) >= 11 is 0. The maximum absolute atomic E-state index is 11.3. The van der Waals surface area contributed by atoms with E-state index < -0.39 is 0 Å². The predicted molar refractivity (Wildman–Crippen MR) is 67.4 cm³/mol. The molecule has 0 aliphatic rings. The van der Waals surface area contributed by atoms with Crippen molar-refractivity contribution in [2.45, 2.75) is 64.7 Å². The first-order chi connectivity index (χ1) is 8.16. The Bertz CT molecular complexity index is 217. The van der Waals surface area contributed by atoms with Crippen LogP contribution in [0.3, 0.4) is 0 Å². The Hall–Kier alpha value is -1.06. The number of carbonyl (C=O) groups excluding carboxylic acids is 2. The highest BCUT2D eigenvalue weighted by atomic mass is 16.5. The van der Waals surface area contributed by atoms with Gasteiger partial charge in [0.25, 0.3) is 0 Å². The largest absolute Gasteiger partial charge is 0.466 e. The van der Waals surface area contributed by atoms with Crippen LogP contribution in [0, 0.1) is 0 Å². The van der Waals surface area contributed by atoms with Gasteiger partial charge in [0, 0.05) is 12.8 Å². The van der Waals surface area contributed by atoms with Gasteiger partial charge in [-0.15, -0.1) is 0 Å². The van der Waals surface area contributed by atoms with E-state index in [0.29, 0.717) is 19.4 Å². The highest BCUT2D eigenvalue weighted by Gasteiger charge is 2.02. The van der Waals surface area contributed by atoms with Crippen LogP contribution in [0.2, 0.25) is 0 Å². The summed E-state index contributed by atoms with van der Waals surface area (Å²) in [6.07, 6.45) is 7.73. The molecule has 0 fully saturated rings. The maximum atomic E-state index is 11.3. The lowest BCUT2D eigenvalue weighted by molar-refractivity contribution is -0.143. The molecule has 0 bridgehead atoms. The molecule has 0 spiro atoms. The van der Waals surface area contributed by atoms with Crippen molar-refractivity contribution < 1.29 is 14.3 Å². The molecule has 4 heteroatoms. The van der Waals surface area contributed by atoms with Crippen molar-refractivity contribution in [3.8, 4) is 0 Å². The summed E-state index contributed by atoms with van der Waals surface area (Å²) < 4.78 is 5.09. The van der Waals surface area contributed by atoms with Crippen molar-refractivity contribution in [1.82, 2.24) is 0 Å². The molecule has 100 valence electrons. The van der Waals surface area contributed by atoms with E-state index in [1.165, 1.54) is 12.8 Å². The van der Waals surface area contributed by atoms with Gasteiger partial charge < -0.3 is 10.5 Å². The van der Waals surface area contributed by atoms with Crippen LogP contribution in [0.25, 0.3) is 0 Å². The Morgan fingerprint density at radius 2 is 1.59 bits per heavy atom. The summed E-state index contributed by atoms with van der Waals surface area (Å²) in [4.78, 5) is 21.7. The molecule has 0 aromatic heterocycles. The predicted octanol–water partition coefficient (Wildman–Crippen LogP) is 2.55. The van der Waals surface area contributed by atoms with Crippen molar-refractivity contribution in [3.05, 3.63) is 0 Å². The third kappa shape index (κ3) is 12.9. The zero-order chi connectivity index (χ0) is 12.9. The summed E-state index contributed by atoms with van der Waals surface area (Å²) in [5.41, 5.74) is 5.01. The zero-order valence-electron chi connectivity index (χ0n) is 10.9. The van der Waals surface area contributed by atoms with Crippen LogP contribution in [-0.4, -0.2) is 18.5 Å². The fourth-order valence-corrected chi connectivity index (χ4v) is 1.53. The van der Waals surface area contributed by atoms with E-state index in [0.717, 1.165) is 32.1 Å². The van der Waals surface area contributed by atoms with E-state index >= 15 is 0 Å². The number of amides is 1. The Kier molecular flexibility index (Phi) is 10.7. The molecule has 0 aliphatic carbocycles. The van der Waals surface area contributed by atoms with E-state index in [9.17, 15) is 9.59 Å². The van der Waals surface area contributed by atoms with E-state index in [1.807, 2.05) is 0 Å². The molecular weight excluding hydrogens is 218 g/mol. The molecule has 0 unspecified atom stereocenters. The summed E-state index contributed by atoms with van der Waals surface area (Å²) in [6.45, 7) is 2.69. The fraction of sp³-hybridized carbons (Fsp3) is 0.846. The molecule has 0 aromatic rings. The highest BCUT2D eigenvalue weighted by molar-refractivity contribution is 5.73. The van der Waals surface area contributed by atoms with E-state index in [4.69, 9.17) is 10.5 Å². The minimum atomic E-state index is -0.275. The van der Waals surface area contributed by atoms with Crippen molar-refractivity contribution in [2.24, 2.45) is 5.73 Å². The topological polar surface area (TPSA) is 69.4 Å². The third-order valence-corrected chi connectivity index (χ3v) is 2.57. The smallest absolute Gasteiger partial charge is 0.305 e. The normalized spacial score (nSPS) is 10.2. The lowest BCUT2D eigenvalue weighted by Crippen LogP contribution is -2.10. The van der Waals surface area contributed by atoms with Gasteiger partial charge in [-0.2, -0.15) is 0 Å². The van der Waals surface area contributed by atoms with Gasteiger partial charge in [0.2, 0.25) is 5.91 Å². The molecule has 0 atom stereocenters. The summed E-state index contributed by atoms with van der Waals surface area (Å²) in [5, 5.41) is 0. The molecule has 2 N–H and O–H groups in total. The van der Waals surface area contributed by atoms with Crippen molar-refractivity contribution >= 4 is 11.9 Å². The fourth-order valence-electron chi connectivity index (χ4n) is 1.53. The number of hydrogen-bond acceptors (Lipinski definition) is 3. The minimum absolute atomic E-state index is 0.124. The lowest BCUT2D eigenvalue weighted by Gasteiger charge is -2.04. The molecule has 0 radical (unpaired) electrons. The first-order valence-electron chi connectivity index (χ1n) is 6.60. The third-order valence-electron chi connectivity index (χ3n) is 2.57. The number of unbranched alkanes of at least 4 members (excludes halogenated alkanes) is 5. The molecular formula is C13H25NO3. The second-order valence-electron chi connectivity index (χ2n) is 4.31. The van der Waals surface area contributed by atoms with E-state index in [-0.39, 0.29) is 11.9 Å². The first kappa shape index (κ1) is 15.9. The SMILES string of the molecule is CCCCCCOC(=O)CCCCCC(N)=O. The second-order valence-corrected chi connectivity index (χ2v) is 4.31. The number of hydrogen-bond donors (Lipinski definition) is 1. The monoisotopic (exact) mass is 243 g/mol. The highest BCUT2D eigenvalue weighted by Crippen LogP contribution is 2.05.